The highest BCUT2D eigenvalue weighted by molar-refractivity contribution is 5.99. The molecule has 2 aromatic carbocycles. The normalized spacial score (nSPS) is 10.1. The van der Waals surface area contributed by atoms with E-state index in [0.717, 1.165) is 11.3 Å². The van der Waals surface area contributed by atoms with Gasteiger partial charge in [-0.2, -0.15) is 0 Å². The van der Waals surface area contributed by atoms with Crippen LogP contribution in [0.3, 0.4) is 0 Å². The highest BCUT2D eigenvalue weighted by Gasteiger charge is 2.24. The maximum Gasteiger partial charge on any atom is 0.286 e. The second-order valence-corrected chi connectivity index (χ2v) is 5.34. The second-order valence-electron chi connectivity index (χ2n) is 5.34. The van der Waals surface area contributed by atoms with E-state index in [1.807, 2.05) is 24.3 Å². The zero-order chi connectivity index (χ0) is 19.1. The standard InChI is InChI=1S/C18H20N2O6/c1-24-13-6-4-12(5-7-13)8-9-19-18(21)14-10-16(25-2)17(26-3)11-15(14)20(22)23/h4-7,10-11H,8-9H2,1-3H3,(H,19,21). The summed E-state index contributed by atoms with van der Waals surface area (Å²) in [6, 6.07) is 9.93. The van der Waals surface area contributed by atoms with Gasteiger partial charge in [-0.15, -0.1) is 0 Å². The van der Waals surface area contributed by atoms with Gasteiger partial charge >= 0.3 is 0 Å². The molecule has 8 heteroatoms. The number of methoxy groups -OCH3 is 3. The number of nitro groups is 1. The van der Waals surface area contributed by atoms with Crippen LogP contribution in [0.4, 0.5) is 5.69 Å². The van der Waals surface area contributed by atoms with Gasteiger partial charge in [0.25, 0.3) is 11.6 Å². The molecule has 8 nitrogen and oxygen atoms in total. The molecule has 0 saturated heterocycles. The van der Waals surface area contributed by atoms with Gasteiger partial charge in [-0.05, 0) is 24.1 Å². The summed E-state index contributed by atoms with van der Waals surface area (Å²) in [6.07, 6.45) is 0.580. The van der Waals surface area contributed by atoms with Gasteiger partial charge < -0.3 is 19.5 Å². The topological polar surface area (TPSA) is 99.9 Å². The summed E-state index contributed by atoms with van der Waals surface area (Å²) in [5.41, 5.74) is 0.583. The van der Waals surface area contributed by atoms with Crippen molar-refractivity contribution in [3.05, 3.63) is 57.6 Å². The van der Waals surface area contributed by atoms with Gasteiger partial charge in [0.1, 0.15) is 11.3 Å². The van der Waals surface area contributed by atoms with Gasteiger partial charge in [-0.3, -0.25) is 14.9 Å². The molecule has 0 aliphatic heterocycles. The van der Waals surface area contributed by atoms with Crippen LogP contribution in [0.1, 0.15) is 15.9 Å². The number of hydrogen-bond donors (Lipinski definition) is 1. The number of nitrogens with zero attached hydrogens (tertiary/aromatic N) is 1. The van der Waals surface area contributed by atoms with Crippen molar-refractivity contribution in [2.24, 2.45) is 0 Å². The lowest BCUT2D eigenvalue weighted by atomic mass is 10.1. The summed E-state index contributed by atoms with van der Waals surface area (Å²) in [5, 5.41) is 14.0. The number of carbonyl (C=O) groups is 1. The first-order chi connectivity index (χ1) is 12.5. The van der Waals surface area contributed by atoms with Gasteiger partial charge in [0, 0.05) is 12.6 Å². The minimum absolute atomic E-state index is 0.0811. The van der Waals surface area contributed by atoms with E-state index in [1.165, 1.54) is 26.4 Å². The number of benzene rings is 2. The molecular weight excluding hydrogens is 340 g/mol. The molecule has 0 aliphatic rings. The summed E-state index contributed by atoms with van der Waals surface area (Å²) in [5.74, 6) is 0.636. The summed E-state index contributed by atoms with van der Waals surface area (Å²) in [6.45, 7) is 0.330. The predicted molar refractivity (Wildman–Crippen MR) is 95.2 cm³/mol. The van der Waals surface area contributed by atoms with E-state index in [0.29, 0.717) is 13.0 Å². The molecule has 2 rings (SSSR count). The Morgan fingerprint density at radius 2 is 1.65 bits per heavy atom. The molecule has 1 amide bonds. The molecule has 0 spiro atoms. The van der Waals surface area contributed by atoms with E-state index in [2.05, 4.69) is 5.32 Å². The summed E-state index contributed by atoms with van der Waals surface area (Å²) >= 11 is 0. The highest BCUT2D eigenvalue weighted by atomic mass is 16.6. The van der Waals surface area contributed by atoms with Crippen molar-refractivity contribution in [1.29, 1.82) is 0 Å². The monoisotopic (exact) mass is 360 g/mol. The fraction of sp³-hybridized carbons (Fsp3) is 0.278. The van der Waals surface area contributed by atoms with Crippen molar-refractivity contribution < 1.29 is 23.9 Å². The van der Waals surface area contributed by atoms with Crippen molar-refractivity contribution in [1.82, 2.24) is 5.32 Å². The van der Waals surface area contributed by atoms with E-state index < -0.39 is 10.8 Å². The molecule has 2 aromatic rings. The van der Waals surface area contributed by atoms with Gasteiger partial charge in [0.2, 0.25) is 0 Å². The molecule has 0 aliphatic carbocycles. The first-order valence-electron chi connectivity index (χ1n) is 7.81. The lowest BCUT2D eigenvalue weighted by Gasteiger charge is -2.11. The molecule has 0 heterocycles. The van der Waals surface area contributed by atoms with E-state index in [1.54, 1.807) is 7.11 Å². The van der Waals surface area contributed by atoms with Crippen molar-refractivity contribution >= 4 is 11.6 Å². The Labute approximate surface area is 150 Å². The van der Waals surface area contributed by atoms with Gasteiger partial charge in [-0.25, -0.2) is 0 Å². The van der Waals surface area contributed by atoms with Crippen LogP contribution in [0.15, 0.2) is 36.4 Å². The van der Waals surface area contributed by atoms with Crippen LogP contribution in [-0.2, 0) is 6.42 Å². The second kappa shape index (κ2) is 8.70. The Hall–Kier alpha value is -3.29. The SMILES string of the molecule is COc1ccc(CCNC(=O)c2cc(OC)c(OC)cc2[N+](=O)[O-])cc1. The van der Waals surface area contributed by atoms with E-state index in [-0.39, 0.29) is 22.7 Å². The smallest absolute Gasteiger partial charge is 0.286 e. The Balaban J connectivity index is 2.11. The molecule has 0 bridgehead atoms. The van der Waals surface area contributed by atoms with Crippen molar-refractivity contribution in [2.75, 3.05) is 27.9 Å². The Morgan fingerprint density at radius 1 is 1.04 bits per heavy atom. The molecule has 0 fully saturated rings. The van der Waals surface area contributed by atoms with Gasteiger partial charge in [0.05, 0.1) is 32.3 Å². The van der Waals surface area contributed by atoms with Crippen LogP contribution in [0.5, 0.6) is 17.2 Å². The third kappa shape index (κ3) is 4.41. The van der Waals surface area contributed by atoms with E-state index in [9.17, 15) is 14.9 Å². The average molecular weight is 360 g/mol. The van der Waals surface area contributed by atoms with Crippen molar-refractivity contribution in [3.8, 4) is 17.2 Å². The fourth-order valence-electron chi connectivity index (χ4n) is 2.41. The lowest BCUT2D eigenvalue weighted by molar-refractivity contribution is -0.385. The van der Waals surface area contributed by atoms with Crippen LogP contribution in [0.25, 0.3) is 0 Å². The third-order valence-electron chi connectivity index (χ3n) is 3.80. The van der Waals surface area contributed by atoms with Crippen molar-refractivity contribution in [3.63, 3.8) is 0 Å². The molecular formula is C18H20N2O6. The minimum atomic E-state index is -0.625. The lowest BCUT2D eigenvalue weighted by Crippen LogP contribution is -2.26. The Kier molecular flexibility index (Phi) is 6.37. The van der Waals surface area contributed by atoms with Crippen LogP contribution >= 0.6 is 0 Å². The van der Waals surface area contributed by atoms with Crippen LogP contribution in [0, 0.1) is 10.1 Å². The first-order valence-corrected chi connectivity index (χ1v) is 7.81. The zero-order valence-electron chi connectivity index (χ0n) is 14.8. The van der Waals surface area contributed by atoms with Crippen molar-refractivity contribution in [2.45, 2.75) is 6.42 Å². The fourth-order valence-corrected chi connectivity index (χ4v) is 2.41. The van der Waals surface area contributed by atoms with E-state index in [4.69, 9.17) is 14.2 Å². The van der Waals surface area contributed by atoms with Gasteiger partial charge in [-0.1, -0.05) is 12.1 Å². The number of ether oxygens (including phenoxy) is 3. The number of nitro benzene ring substituents is 1. The molecule has 138 valence electrons. The molecule has 26 heavy (non-hydrogen) atoms. The van der Waals surface area contributed by atoms with E-state index >= 15 is 0 Å². The van der Waals surface area contributed by atoms with Crippen LogP contribution < -0.4 is 19.5 Å². The summed E-state index contributed by atoms with van der Waals surface area (Å²) in [7, 11) is 4.36. The number of amides is 1. The Morgan fingerprint density at radius 3 is 2.19 bits per heavy atom. The molecule has 1 N–H and O–H groups in total. The highest BCUT2D eigenvalue weighted by Crippen LogP contribution is 2.34. The quantitative estimate of drug-likeness (QED) is 0.574. The third-order valence-corrected chi connectivity index (χ3v) is 3.80. The largest absolute Gasteiger partial charge is 0.497 e. The number of nitrogens with one attached hydrogen (secondary N) is 1. The maximum atomic E-state index is 12.4. The minimum Gasteiger partial charge on any atom is -0.497 e. The zero-order valence-corrected chi connectivity index (χ0v) is 14.8. The first kappa shape index (κ1) is 19.0. The van der Waals surface area contributed by atoms with Gasteiger partial charge in [0.15, 0.2) is 11.5 Å². The summed E-state index contributed by atoms with van der Waals surface area (Å²) < 4.78 is 15.3. The molecule has 0 radical (unpaired) electrons. The number of hydrogen-bond acceptors (Lipinski definition) is 6. The van der Waals surface area contributed by atoms with Crippen LogP contribution in [0.2, 0.25) is 0 Å². The molecule has 0 saturated carbocycles. The van der Waals surface area contributed by atoms with Crippen LogP contribution in [-0.4, -0.2) is 38.7 Å². The Bertz CT molecular complexity index is 789. The molecule has 0 aromatic heterocycles. The predicted octanol–water partition coefficient (Wildman–Crippen LogP) is 2.59. The molecule has 0 unspecified atom stereocenters. The number of carbonyl (C=O) groups excluding carboxylic acids is 1. The average Bonchev–Trinajstić information content (AvgIpc) is 2.67. The molecule has 0 atom stereocenters. The maximum absolute atomic E-state index is 12.4. The summed E-state index contributed by atoms with van der Waals surface area (Å²) in [4.78, 5) is 23.0. The number of rotatable bonds is 8.